The van der Waals surface area contributed by atoms with E-state index in [-0.39, 0.29) is 36.0 Å². The topological polar surface area (TPSA) is 107 Å². The van der Waals surface area contributed by atoms with Crippen LogP contribution in [0.4, 0.5) is 13.2 Å². The van der Waals surface area contributed by atoms with E-state index in [2.05, 4.69) is 39.6 Å². The van der Waals surface area contributed by atoms with Crippen LogP contribution in [0.1, 0.15) is 48.1 Å². The van der Waals surface area contributed by atoms with E-state index in [0.717, 1.165) is 12.8 Å². The smallest absolute Gasteiger partial charge is 0.422 e. The van der Waals surface area contributed by atoms with Crippen LogP contribution in [0, 0.1) is 5.92 Å². The average molecular weight is 489 g/mol. The predicted octanol–water partition coefficient (Wildman–Crippen LogP) is 2.63. The number of nitrogens with zero attached hydrogens (tertiary/aromatic N) is 5. The fraction of sp³-hybridized carbons (Fsp3) is 0.500. The van der Waals surface area contributed by atoms with Crippen molar-refractivity contribution in [3.8, 4) is 0 Å². The molecular formula is C18H17ClF3N6O3P. The van der Waals surface area contributed by atoms with E-state index >= 15 is 0 Å². The Hall–Kier alpha value is -2.30. The molecule has 14 heteroatoms. The molecule has 170 valence electrons. The number of aromatic nitrogens is 5. The lowest BCUT2D eigenvalue weighted by molar-refractivity contribution is -0.352. The zero-order chi connectivity index (χ0) is 22.7. The van der Waals surface area contributed by atoms with E-state index in [0.29, 0.717) is 28.1 Å². The van der Waals surface area contributed by atoms with Crippen molar-refractivity contribution in [1.82, 2.24) is 30.1 Å². The Balaban J connectivity index is 0.000000136. The molecule has 0 bridgehead atoms. The SMILES string of the molecule is FC(F)(F)OC1CC(c2nnc(P)o2)C1.O=C(NC12CC1C2)c1nc2cc(Cl)ccn2n1. The lowest BCUT2D eigenvalue weighted by Gasteiger charge is -2.32. The van der Waals surface area contributed by atoms with Crippen LogP contribution in [-0.4, -0.2) is 48.7 Å². The zero-order valence-electron chi connectivity index (χ0n) is 16.3. The second-order valence-corrected chi connectivity index (χ2v) is 9.06. The first kappa shape index (κ1) is 21.5. The van der Waals surface area contributed by atoms with Gasteiger partial charge in [0.2, 0.25) is 17.3 Å². The lowest BCUT2D eigenvalue weighted by Crippen LogP contribution is -2.34. The van der Waals surface area contributed by atoms with Gasteiger partial charge in [-0.1, -0.05) is 11.6 Å². The van der Waals surface area contributed by atoms with Crippen LogP contribution in [0.3, 0.4) is 0 Å². The van der Waals surface area contributed by atoms with E-state index in [1.807, 2.05) is 0 Å². The number of hydrogen-bond acceptors (Lipinski definition) is 7. The average Bonchev–Trinajstić information content (AvgIpc) is 3.35. The van der Waals surface area contributed by atoms with Gasteiger partial charge in [-0.2, -0.15) is 0 Å². The second-order valence-electron chi connectivity index (χ2n) is 8.13. The molecule has 9 nitrogen and oxygen atoms in total. The maximum absolute atomic E-state index is 11.9. The van der Waals surface area contributed by atoms with Crippen LogP contribution in [0.5, 0.6) is 0 Å². The summed E-state index contributed by atoms with van der Waals surface area (Å²) in [5.41, 5.74) is 1.03. The highest BCUT2D eigenvalue weighted by atomic mass is 35.5. The summed E-state index contributed by atoms with van der Waals surface area (Å²) in [5, 5.41) is 15.0. The van der Waals surface area contributed by atoms with Crippen LogP contribution >= 0.6 is 20.8 Å². The molecule has 0 aromatic carbocycles. The Morgan fingerprint density at radius 3 is 2.66 bits per heavy atom. The summed E-state index contributed by atoms with van der Waals surface area (Å²) in [6.07, 6.45) is -0.893. The van der Waals surface area contributed by atoms with Crippen molar-refractivity contribution >= 4 is 38.0 Å². The molecule has 3 heterocycles. The third-order valence-electron chi connectivity index (χ3n) is 5.75. The highest BCUT2D eigenvalue weighted by Crippen LogP contribution is 2.66. The molecule has 1 unspecified atom stereocenters. The van der Waals surface area contributed by atoms with Gasteiger partial charge in [-0.05, 0) is 46.9 Å². The number of halogens is 4. The van der Waals surface area contributed by atoms with Gasteiger partial charge in [0.1, 0.15) is 0 Å². The summed E-state index contributed by atoms with van der Waals surface area (Å²) in [5.74, 6) is 0.989. The molecule has 0 spiro atoms. The Kier molecular flexibility index (Phi) is 5.14. The van der Waals surface area contributed by atoms with Gasteiger partial charge in [0.05, 0.1) is 6.10 Å². The number of ether oxygens (including phenoxy) is 1. The molecule has 3 aliphatic rings. The third kappa shape index (κ3) is 4.57. The van der Waals surface area contributed by atoms with Crippen molar-refractivity contribution in [2.24, 2.45) is 5.92 Å². The number of nitrogens with one attached hydrogen (secondary N) is 1. The van der Waals surface area contributed by atoms with E-state index in [1.54, 1.807) is 22.8 Å². The minimum Gasteiger partial charge on any atom is -0.422 e. The number of carbonyl (C=O) groups is 1. The summed E-state index contributed by atoms with van der Waals surface area (Å²) in [6.45, 7) is 0. The molecule has 1 atom stereocenters. The van der Waals surface area contributed by atoms with E-state index < -0.39 is 12.5 Å². The summed E-state index contributed by atoms with van der Waals surface area (Å²) < 4.78 is 45.8. The van der Waals surface area contributed by atoms with Crippen molar-refractivity contribution in [2.45, 2.75) is 49.6 Å². The maximum Gasteiger partial charge on any atom is 0.522 e. The first-order valence-corrected chi connectivity index (χ1v) is 10.7. The van der Waals surface area contributed by atoms with Gasteiger partial charge in [-0.25, -0.2) is 9.50 Å². The summed E-state index contributed by atoms with van der Waals surface area (Å²) in [4.78, 5) is 16.1. The van der Waals surface area contributed by atoms with Gasteiger partial charge < -0.3 is 9.73 Å². The lowest BCUT2D eigenvalue weighted by atomic mass is 9.82. The molecule has 3 aliphatic carbocycles. The molecule has 1 N–H and O–H groups in total. The van der Waals surface area contributed by atoms with Crippen molar-refractivity contribution in [2.75, 3.05) is 0 Å². The molecule has 3 saturated carbocycles. The highest BCUT2D eigenvalue weighted by molar-refractivity contribution is 7.26. The number of fused-ring (bicyclic) bond motifs is 2. The van der Waals surface area contributed by atoms with Crippen LogP contribution in [-0.2, 0) is 4.74 Å². The highest BCUT2D eigenvalue weighted by Gasteiger charge is 2.70. The summed E-state index contributed by atoms with van der Waals surface area (Å²) in [6, 6.07) is 3.39. The maximum atomic E-state index is 11.9. The van der Waals surface area contributed by atoms with Gasteiger partial charge in [0, 0.05) is 28.7 Å². The Bertz CT molecular complexity index is 1170. The molecule has 3 aromatic rings. The minimum atomic E-state index is -4.56. The van der Waals surface area contributed by atoms with Crippen molar-refractivity contribution in [3.05, 3.63) is 35.1 Å². The zero-order valence-corrected chi connectivity index (χ0v) is 18.3. The molecular weight excluding hydrogens is 472 g/mol. The number of hydrogen-bond donors (Lipinski definition) is 1. The van der Waals surface area contributed by atoms with Crippen LogP contribution in [0.15, 0.2) is 22.7 Å². The van der Waals surface area contributed by atoms with Crippen molar-refractivity contribution in [1.29, 1.82) is 0 Å². The second kappa shape index (κ2) is 7.64. The standard InChI is InChI=1S/C11H9ClN4O.C7H8F3N2O2P/c12-7-1-2-16-8(3-7)13-9(15-16)10(17)14-11-4-6(11)5-11;8-7(9,10)14-4-1-3(2-4)5-11-12-6(15)13-5/h1-3,6H,4-5H2,(H,14,17);3-4H,1-2,15H2. The first-order chi connectivity index (χ1) is 15.1. The monoisotopic (exact) mass is 488 g/mol. The van der Waals surface area contributed by atoms with Crippen LogP contribution in [0.25, 0.3) is 5.65 Å². The molecule has 0 saturated heterocycles. The normalized spacial score (nSPS) is 27.7. The molecule has 0 radical (unpaired) electrons. The van der Waals surface area contributed by atoms with Gasteiger partial charge in [-0.15, -0.1) is 28.5 Å². The summed E-state index contributed by atoms with van der Waals surface area (Å²) in [7, 11) is 2.23. The molecule has 3 fully saturated rings. The largest absolute Gasteiger partial charge is 0.522 e. The number of carbonyl (C=O) groups excluding carboxylic acids is 1. The third-order valence-corrected chi connectivity index (χ3v) is 6.22. The van der Waals surface area contributed by atoms with E-state index in [9.17, 15) is 18.0 Å². The quantitative estimate of drug-likeness (QED) is 0.562. The summed E-state index contributed by atoms with van der Waals surface area (Å²) >= 11 is 5.85. The van der Waals surface area contributed by atoms with Crippen molar-refractivity contribution < 1.29 is 27.1 Å². The van der Waals surface area contributed by atoms with Gasteiger partial charge in [-0.3, -0.25) is 9.53 Å². The van der Waals surface area contributed by atoms with Gasteiger partial charge >= 0.3 is 6.36 Å². The molecule has 6 rings (SSSR count). The van der Waals surface area contributed by atoms with Crippen molar-refractivity contribution in [3.63, 3.8) is 0 Å². The van der Waals surface area contributed by atoms with Crippen LogP contribution < -0.4 is 10.9 Å². The number of alkyl halides is 3. The molecule has 32 heavy (non-hydrogen) atoms. The fourth-order valence-electron chi connectivity index (χ4n) is 3.60. The first-order valence-electron chi connectivity index (χ1n) is 9.78. The Morgan fingerprint density at radius 1 is 1.34 bits per heavy atom. The fourth-order valence-corrected chi connectivity index (χ4v) is 3.94. The predicted molar refractivity (Wildman–Crippen MR) is 107 cm³/mol. The van der Waals surface area contributed by atoms with Crippen LogP contribution in [0.2, 0.25) is 5.02 Å². The number of amides is 1. The minimum absolute atomic E-state index is 0.103. The molecule has 0 aliphatic heterocycles. The molecule has 1 amide bonds. The van der Waals surface area contributed by atoms with Gasteiger partial charge in [0.15, 0.2) is 5.65 Å². The number of rotatable bonds is 4. The van der Waals surface area contributed by atoms with E-state index in [4.69, 9.17) is 16.0 Å². The Morgan fingerprint density at radius 2 is 2.06 bits per heavy atom. The van der Waals surface area contributed by atoms with Gasteiger partial charge in [0.25, 0.3) is 5.91 Å². The van der Waals surface area contributed by atoms with E-state index in [1.165, 1.54) is 0 Å². The number of pyridine rings is 1. The molecule has 3 aromatic heterocycles. The Labute approximate surface area is 186 Å².